The number of ketones is 1. The molecule has 0 saturated carbocycles. The van der Waals surface area contributed by atoms with E-state index in [1.165, 1.54) is 6.92 Å². The first kappa shape index (κ1) is 20.8. The molecule has 3 rings (SSSR count). The highest BCUT2D eigenvalue weighted by molar-refractivity contribution is 5.88. The molecule has 2 aromatic carbocycles. The van der Waals surface area contributed by atoms with Crippen molar-refractivity contribution in [3.05, 3.63) is 64.0 Å². The van der Waals surface area contributed by atoms with Crippen LogP contribution in [0.3, 0.4) is 0 Å². The van der Waals surface area contributed by atoms with Gasteiger partial charge in [-0.2, -0.15) is 0 Å². The van der Waals surface area contributed by atoms with Gasteiger partial charge in [-0.15, -0.1) is 0 Å². The molecule has 5 heteroatoms. The molecule has 0 bridgehead atoms. The number of aliphatic hydroxyl groups is 1. The Hall–Kier alpha value is -2.92. The summed E-state index contributed by atoms with van der Waals surface area (Å²) in [4.78, 5) is 26.2. The van der Waals surface area contributed by atoms with Gasteiger partial charge >= 0.3 is 5.63 Å². The Morgan fingerprint density at radius 2 is 1.76 bits per heavy atom. The number of nitrogens with zero attached hydrogens (tertiary/aromatic N) is 1. The molecule has 0 aliphatic heterocycles. The van der Waals surface area contributed by atoms with Crippen molar-refractivity contribution in [2.24, 2.45) is 0 Å². The molecule has 1 aromatic heterocycles. The molecule has 0 fully saturated rings. The van der Waals surface area contributed by atoms with Crippen LogP contribution in [-0.2, 0) is 4.79 Å². The SMILES string of the molecule is CCN(CC)c1ccc2c(C)c(-c3ccc(C(O)CC(C)=O)cc3)c(=O)oc2c1. The molecule has 1 N–H and O–H groups in total. The van der Waals surface area contributed by atoms with Crippen molar-refractivity contribution < 1.29 is 14.3 Å². The normalized spacial score (nSPS) is 12.2. The number of fused-ring (bicyclic) bond motifs is 1. The van der Waals surface area contributed by atoms with E-state index in [0.717, 1.165) is 35.3 Å². The van der Waals surface area contributed by atoms with Gasteiger partial charge in [0.2, 0.25) is 0 Å². The number of Topliss-reactive ketones (excluding diaryl/α,β-unsaturated/α-hetero) is 1. The van der Waals surface area contributed by atoms with Crippen LogP contribution in [0.5, 0.6) is 0 Å². The van der Waals surface area contributed by atoms with Crippen LogP contribution in [0.15, 0.2) is 51.7 Å². The Bertz CT molecular complexity index is 1080. The first-order chi connectivity index (χ1) is 13.8. The summed E-state index contributed by atoms with van der Waals surface area (Å²) in [5.41, 5.74) is 3.97. The number of aryl methyl sites for hydroxylation is 1. The zero-order valence-electron chi connectivity index (χ0n) is 17.4. The third kappa shape index (κ3) is 4.25. The molecule has 1 unspecified atom stereocenters. The van der Waals surface area contributed by atoms with E-state index in [-0.39, 0.29) is 17.8 Å². The lowest BCUT2D eigenvalue weighted by Crippen LogP contribution is -2.21. The smallest absolute Gasteiger partial charge is 0.344 e. The van der Waals surface area contributed by atoms with Crippen LogP contribution < -0.4 is 10.5 Å². The van der Waals surface area contributed by atoms with Crippen molar-refractivity contribution in [2.75, 3.05) is 18.0 Å². The summed E-state index contributed by atoms with van der Waals surface area (Å²) in [6.07, 6.45) is -0.764. The van der Waals surface area contributed by atoms with Gasteiger partial charge in [-0.1, -0.05) is 24.3 Å². The van der Waals surface area contributed by atoms with Crippen molar-refractivity contribution in [3.8, 4) is 11.1 Å². The topological polar surface area (TPSA) is 70.8 Å². The lowest BCUT2D eigenvalue weighted by molar-refractivity contribution is -0.118. The second kappa shape index (κ2) is 8.62. The third-order valence-corrected chi connectivity index (χ3v) is 5.34. The number of hydrogen-bond acceptors (Lipinski definition) is 5. The molecule has 152 valence electrons. The molecule has 1 heterocycles. The quantitative estimate of drug-likeness (QED) is 0.593. The summed E-state index contributed by atoms with van der Waals surface area (Å²) in [7, 11) is 0. The van der Waals surface area contributed by atoms with E-state index < -0.39 is 6.10 Å². The molecule has 0 aliphatic rings. The van der Waals surface area contributed by atoms with Gasteiger partial charge in [-0.25, -0.2) is 4.79 Å². The second-order valence-corrected chi connectivity index (χ2v) is 7.29. The van der Waals surface area contributed by atoms with Gasteiger partial charge in [-0.3, -0.25) is 4.79 Å². The summed E-state index contributed by atoms with van der Waals surface area (Å²) in [6.45, 7) is 9.32. The van der Waals surface area contributed by atoms with Crippen molar-refractivity contribution >= 4 is 22.4 Å². The lowest BCUT2D eigenvalue weighted by atomic mass is 9.96. The minimum Gasteiger partial charge on any atom is -0.422 e. The molecule has 0 aliphatic carbocycles. The average Bonchev–Trinajstić information content (AvgIpc) is 2.68. The molecule has 1 atom stereocenters. The molecule has 29 heavy (non-hydrogen) atoms. The van der Waals surface area contributed by atoms with Crippen LogP contribution in [-0.4, -0.2) is 24.0 Å². The molecule has 0 saturated heterocycles. The van der Waals surface area contributed by atoms with Crippen LogP contribution in [0.25, 0.3) is 22.1 Å². The zero-order valence-corrected chi connectivity index (χ0v) is 17.4. The van der Waals surface area contributed by atoms with Gasteiger partial charge in [0.05, 0.1) is 11.7 Å². The van der Waals surface area contributed by atoms with Crippen molar-refractivity contribution in [2.45, 2.75) is 40.2 Å². The summed E-state index contributed by atoms with van der Waals surface area (Å²) in [5, 5.41) is 11.0. The van der Waals surface area contributed by atoms with E-state index in [1.807, 2.05) is 25.1 Å². The highest BCUT2D eigenvalue weighted by atomic mass is 16.4. The highest BCUT2D eigenvalue weighted by Crippen LogP contribution is 2.30. The zero-order chi connectivity index (χ0) is 21.1. The minimum absolute atomic E-state index is 0.0725. The van der Waals surface area contributed by atoms with Crippen LogP contribution in [0.4, 0.5) is 5.69 Å². The Balaban J connectivity index is 2.03. The maximum Gasteiger partial charge on any atom is 0.344 e. The fourth-order valence-corrected chi connectivity index (χ4v) is 3.73. The lowest BCUT2D eigenvalue weighted by Gasteiger charge is -2.21. The van der Waals surface area contributed by atoms with Crippen LogP contribution >= 0.6 is 0 Å². The molecule has 5 nitrogen and oxygen atoms in total. The van der Waals surface area contributed by atoms with E-state index in [0.29, 0.717) is 16.7 Å². The Kier molecular flexibility index (Phi) is 6.18. The van der Waals surface area contributed by atoms with Crippen LogP contribution in [0.2, 0.25) is 0 Å². The summed E-state index contributed by atoms with van der Waals surface area (Å²) in [5.74, 6) is -0.0725. The van der Waals surface area contributed by atoms with E-state index >= 15 is 0 Å². The van der Waals surface area contributed by atoms with E-state index in [1.54, 1.807) is 24.3 Å². The third-order valence-electron chi connectivity index (χ3n) is 5.34. The van der Waals surface area contributed by atoms with E-state index in [2.05, 4.69) is 18.7 Å². The largest absolute Gasteiger partial charge is 0.422 e. The fourth-order valence-electron chi connectivity index (χ4n) is 3.73. The van der Waals surface area contributed by atoms with Gasteiger partial charge in [0.25, 0.3) is 0 Å². The Morgan fingerprint density at radius 3 is 2.34 bits per heavy atom. The van der Waals surface area contributed by atoms with Gasteiger partial charge in [0, 0.05) is 36.7 Å². The first-order valence-corrected chi connectivity index (χ1v) is 9.95. The van der Waals surface area contributed by atoms with Crippen LogP contribution in [0, 0.1) is 6.92 Å². The van der Waals surface area contributed by atoms with Crippen molar-refractivity contribution in [1.82, 2.24) is 0 Å². The molecule has 3 aromatic rings. The van der Waals surface area contributed by atoms with Gasteiger partial charge in [0.1, 0.15) is 11.4 Å². The van der Waals surface area contributed by atoms with E-state index in [4.69, 9.17) is 4.42 Å². The number of rotatable bonds is 7. The predicted octanol–water partition coefficient (Wildman–Crippen LogP) is 4.63. The monoisotopic (exact) mass is 393 g/mol. The van der Waals surface area contributed by atoms with Gasteiger partial charge in [-0.05, 0) is 56.5 Å². The summed E-state index contributed by atoms with van der Waals surface area (Å²) < 4.78 is 5.66. The maximum absolute atomic E-state index is 12.8. The second-order valence-electron chi connectivity index (χ2n) is 7.29. The van der Waals surface area contributed by atoms with Crippen LogP contribution in [0.1, 0.15) is 44.4 Å². The first-order valence-electron chi connectivity index (χ1n) is 9.95. The number of anilines is 1. The molecule has 0 radical (unpaired) electrons. The number of aliphatic hydroxyl groups excluding tert-OH is 1. The summed E-state index contributed by atoms with van der Waals surface area (Å²) >= 11 is 0. The van der Waals surface area contributed by atoms with Crippen molar-refractivity contribution in [1.29, 1.82) is 0 Å². The highest BCUT2D eigenvalue weighted by Gasteiger charge is 2.16. The van der Waals surface area contributed by atoms with E-state index in [9.17, 15) is 14.7 Å². The number of benzene rings is 2. The Labute approximate surface area is 170 Å². The van der Waals surface area contributed by atoms with Gasteiger partial charge in [0.15, 0.2) is 0 Å². The minimum atomic E-state index is -0.839. The molecule has 0 amide bonds. The molecular weight excluding hydrogens is 366 g/mol. The maximum atomic E-state index is 12.8. The standard InChI is InChI=1S/C24H27NO4/c1-5-25(6-2)19-11-12-20-16(4)23(24(28)29-22(20)14-19)18-9-7-17(8-10-18)21(27)13-15(3)26/h7-12,14,21,27H,5-6,13H2,1-4H3. The Morgan fingerprint density at radius 1 is 1.10 bits per heavy atom. The van der Waals surface area contributed by atoms with Gasteiger partial charge < -0.3 is 14.4 Å². The number of carbonyl (C=O) groups excluding carboxylic acids is 1. The average molecular weight is 393 g/mol. The van der Waals surface area contributed by atoms with Crippen molar-refractivity contribution in [3.63, 3.8) is 0 Å². The molecular formula is C24H27NO4. The number of carbonyl (C=O) groups is 1. The molecule has 0 spiro atoms. The number of hydrogen-bond donors (Lipinski definition) is 1. The summed E-state index contributed by atoms with van der Waals surface area (Å²) in [6, 6.07) is 13.0. The predicted molar refractivity (Wildman–Crippen MR) is 116 cm³/mol. The fraction of sp³-hybridized carbons (Fsp3) is 0.333.